The van der Waals surface area contributed by atoms with Gasteiger partial charge in [0, 0.05) is 27.8 Å². The van der Waals surface area contributed by atoms with Crippen LogP contribution in [0.1, 0.15) is 17.3 Å². The Morgan fingerprint density at radius 2 is 2.33 bits per heavy atom. The predicted octanol–water partition coefficient (Wildman–Crippen LogP) is 2.75. The number of rotatable bonds is 1. The highest BCUT2D eigenvalue weighted by Gasteiger charge is 2.36. The van der Waals surface area contributed by atoms with Crippen LogP contribution in [0, 0.1) is 0 Å². The summed E-state index contributed by atoms with van der Waals surface area (Å²) < 4.78 is 1.09. The van der Waals surface area contributed by atoms with E-state index < -0.39 is 0 Å². The van der Waals surface area contributed by atoms with E-state index in [4.69, 9.17) is 5.73 Å². The molecule has 4 nitrogen and oxygen atoms in total. The molecule has 3 rings (SSSR count). The number of guanidine groups is 1. The number of aliphatic imine (C=N–C) groups is 2. The molecule has 0 spiro atoms. The molecule has 7 heteroatoms. The summed E-state index contributed by atoms with van der Waals surface area (Å²) in [5.41, 5.74) is 6.05. The third kappa shape index (κ3) is 2.12. The largest absolute Gasteiger partial charge is 0.369 e. The first-order chi connectivity index (χ1) is 8.66. The molecule has 2 N–H and O–H groups in total. The van der Waals surface area contributed by atoms with Gasteiger partial charge in [-0.3, -0.25) is 9.89 Å². The summed E-state index contributed by atoms with van der Waals surface area (Å²) in [4.78, 5) is 12.5. The molecule has 0 fully saturated rings. The van der Waals surface area contributed by atoms with Gasteiger partial charge in [0.25, 0.3) is 0 Å². The van der Waals surface area contributed by atoms with Crippen LogP contribution >= 0.6 is 43.2 Å². The molecule has 0 aromatic carbocycles. The van der Waals surface area contributed by atoms with E-state index in [-0.39, 0.29) is 10.9 Å². The minimum absolute atomic E-state index is 0.0226. The van der Waals surface area contributed by atoms with E-state index in [1.807, 2.05) is 4.90 Å². The van der Waals surface area contributed by atoms with Crippen LogP contribution in [-0.2, 0) is 0 Å². The molecule has 96 valence electrons. The molecule has 2 aliphatic rings. The maximum Gasteiger partial charge on any atom is 0.197 e. The lowest BCUT2D eigenvalue weighted by Gasteiger charge is -2.37. The number of hydrogen-bond acceptors (Lipinski definition) is 5. The Labute approximate surface area is 126 Å². The number of alkyl halides is 1. The average Bonchev–Trinajstić information content (AvgIpc) is 2.80. The van der Waals surface area contributed by atoms with E-state index >= 15 is 0 Å². The molecular formula is C11H12Br2N4S. The highest BCUT2D eigenvalue weighted by Crippen LogP contribution is 2.37. The Morgan fingerprint density at radius 3 is 3.06 bits per heavy atom. The molecule has 1 aromatic heterocycles. The Bertz CT molecular complexity index is 525. The van der Waals surface area contributed by atoms with Crippen molar-refractivity contribution in [3.63, 3.8) is 0 Å². The topological polar surface area (TPSA) is 54.0 Å². The van der Waals surface area contributed by atoms with Crippen molar-refractivity contribution < 1.29 is 0 Å². The van der Waals surface area contributed by atoms with Crippen LogP contribution in [0.2, 0.25) is 0 Å². The van der Waals surface area contributed by atoms with Crippen molar-refractivity contribution in [1.82, 2.24) is 4.90 Å². The zero-order valence-corrected chi connectivity index (χ0v) is 13.5. The SMILES string of the molecule is NC1=N[C@H](c2cc(Br)cs2)C(Br)C2=NCCCN12. The number of amidine groups is 1. The lowest BCUT2D eigenvalue weighted by molar-refractivity contribution is 0.501. The highest BCUT2D eigenvalue weighted by molar-refractivity contribution is 9.10. The molecule has 0 saturated carbocycles. The second kappa shape index (κ2) is 4.94. The summed E-state index contributed by atoms with van der Waals surface area (Å²) >= 11 is 8.89. The summed E-state index contributed by atoms with van der Waals surface area (Å²) in [5.74, 6) is 1.60. The van der Waals surface area contributed by atoms with Crippen LogP contribution in [0.4, 0.5) is 0 Å². The minimum atomic E-state index is 0.0226. The average molecular weight is 392 g/mol. The standard InChI is InChI=1S/C11H12Br2N4S/c12-6-4-7(18-5-6)9-8(13)10-15-2-1-3-17(10)11(14)16-9/h4-5,8-9H,1-3H2,(H2,14,16)/t8?,9-/m1/s1. The zero-order valence-electron chi connectivity index (χ0n) is 9.51. The zero-order chi connectivity index (χ0) is 12.7. The van der Waals surface area contributed by atoms with E-state index in [0.29, 0.717) is 5.96 Å². The second-order valence-electron chi connectivity index (χ2n) is 4.25. The third-order valence-corrected chi connectivity index (χ3v) is 5.72. The van der Waals surface area contributed by atoms with Crippen LogP contribution in [-0.4, -0.2) is 34.6 Å². The van der Waals surface area contributed by atoms with Crippen LogP contribution in [0.15, 0.2) is 25.9 Å². The van der Waals surface area contributed by atoms with Crippen LogP contribution in [0.3, 0.4) is 0 Å². The van der Waals surface area contributed by atoms with Gasteiger partial charge in [-0.1, -0.05) is 15.9 Å². The van der Waals surface area contributed by atoms with Crippen molar-refractivity contribution in [2.45, 2.75) is 17.3 Å². The Morgan fingerprint density at radius 1 is 1.50 bits per heavy atom. The third-order valence-electron chi connectivity index (χ3n) is 3.04. The van der Waals surface area contributed by atoms with Gasteiger partial charge in [0.15, 0.2) is 5.96 Å². The van der Waals surface area contributed by atoms with Crippen molar-refractivity contribution in [3.05, 3.63) is 20.8 Å². The number of hydrogen-bond donors (Lipinski definition) is 1. The smallest absolute Gasteiger partial charge is 0.197 e. The summed E-state index contributed by atoms with van der Waals surface area (Å²) in [6.45, 7) is 1.79. The molecule has 0 radical (unpaired) electrons. The van der Waals surface area contributed by atoms with Crippen molar-refractivity contribution in [3.8, 4) is 0 Å². The molecular weight excluding hydrogens is 380 g/mol. The van der Waals surface area contributed by atoms with Gasteiger partial charge in [-0.2, -0.15) is 0 Å². The summed E-state index contributed by atoms with van der Waals surface area (Å²) in [5, 5.41) is 2.07. The van der Waals surface area contributed by atoms with E-state index in [2.05, 4.69) is 53.3 Å². The monoisotopic (exact) mass is 390 g/mol. The highest BCUT2D eigenvalue weighted by atomic mass is 79.9. The van der Waals surface area contributed by atoms with E-state index in [0.717, 1.165) is 29.8 Å². The lowest BCUT2D eigenvalue weighted by Crippen LogP contribution is -2.52. The molecule has 1 unspecified atom stereocenters. The van der Waals surface area contributed by atoms with Gasteiger partial charge < -0.3 is 5.73 Å². The van der Waals surface area contributed by atoms with Gasteiger partial charge >= 0.3 is 0 Å². The number of nitrogens with zero attached hydrogens (tertiary/aromatic N) is 3. The van der Waals surface area contributed by atoms with Gasteiger partial charge in [-0.25, -0.2) is 4.99 Å². The molecule has 0 bridgehead atoms. The first-order valence-corrected chi connectivity index (χ1v) is 8.29. The Kier molecular flexibility index (Phi) is 3.46. The lowest BCUT2D eigenvalue weighted by atomic mass is 10.1. The van der Waals surface area contributed by atoms with Gasteiger partial charge in [0.2, 0.25) is 0 Å². The van der Waals surface area contributed by atoms with E-state index in [9.17, 15) is 0 Å². The first kappa shape index (κ1) is 12.6. The molecule has 2 atom stereocenters. The van der Waals surface area contributed by atoms with Crippen LogP contribution in [0.5, 0.6) is 0 Å². The fourth-order valence-electron chi connectivity index (χ4n) is 2.20. The van der Waals surface area contributed by atoms with Crippen molar-refractivity contribution in [1.29, 1.82) is 0 Å². The molecule has 18 heavy (non-hydrogen) atoms. The van der Waals surface area contributed by atoms with Crippen LogP contribution < -0.4 is 5.73 Å². The van der Waals surface area contributed by atoms with E-state index in [1.165, 1.54) is 4.88 Å². The van der Waals surface area contributed by atoms with Crippen molar-refractivity contribution >= 4 is 55.0 Å². The maximum absolute atomic E-state index is 6.05. The molecule has 2 aliphatic heterocycles. The predicted molar refractivity (Wildman–Crippen MR) is 82.7 cm³/mol. The molecule has 0 saturated heterocycles. The fourth-order valence-corrected chi connectivity index (χ4v) is 4.69. The van der Waals surface area contributed by atoms with Gasteiger partial charge in [-0.15, -0.1) is 11.3 Å². The summed E-state index contributed by atoms with van der Waals surface area (Å²) in [6, 6.07) is 2.12. The van der Waals surface area contributed by atoms with Crippen molar-refractivity contribution in [2.24, 2.45) is 15.7 Å². The molecule has 1 aromatic rings. The number of nitrogens with two attached hydrogens (primary N) is 1. The fraction of sp³-hybridized carbons (Fsp3) is 0.455. The molecule has 3 heterocycles. The van der Waals surface area contributed by atoms with Crippen molar-refractivity contribution in [2.75, 3.05) is 13.1 Å². The normalized spacial score (nSPS) is 27.6. The van der Waals surface area contributed by atoms with E-state index in [1.54, 1.807) is 11.3 Å². The molecule has 0 aliphatic carbocycles. The quantitative estimate of drug-likeness (QED) is 0.748. The van der Waals surface area contributed by atoms with Crippen LogP contribution in [0.25, 0.3) is 0 Å². The second-order valence-corrected chi connectivity index (χ2v) is 7.09. The summed E-state index contributed by atoms with van der Waals surface area (Å²) in [7, 11) is 0. The van der Waals surface area contributed by atoms with Gasteiger partial charge in [0.05, 0.1) is 4.83 Å². The number of thiophene rings is 1. The number of halogens is 2. The van der Waals surface area contributed by atoms with Gasteiger partial charge in [0.1, 0.15) is 11.9 Å². The summed E-state index contributed by atoms with van der Waals surface area (Å²) in [6.07, 6.45) is 1.04. The maximum atomic E-state index is 6.05. The molecule has 0 amide bonds. The first-order valence-electron chi connectivity index (χ1n) is 5.70. The number of fused-ring (bicyclic) bond motifs is 1. The van der Waals surface area contributed by atoms with Gasteiger partial charge in [-0.05, 0) is 28.4 Å². The Balaban J connectivity index is 2.00. The minimum Gasteiger partial charge on any atom is -0.369 e. The Hall–Kier alpha value is -0.400.